The predicted molar refractivity (Wildman–Crippen MR) is 105 cm³/mol. The van der Waals surface area contributed by atoms with E-state index in [1.165, 1.54) is 23.3 Å². The van der Waals surface area contributed by atoms with E-state index in [-0.39, 0.29) is 11.9 Å². The highest BCUT2D eigenvalue weighted by atomic mass is 32.2. The van der Waals surface area contributed by atoms with Crippen molar-refractivity contribution in [2.45, 2.75) is 44.8 Å². The normalized spacial score (nSPS) is 22.3. The smallest absolute Gasteiger partial charge is 0.325 e. The maximum absolute atomic E-state index is 12.5. The number of unbranched alkanes of at least 4 members (excludes halogenated alkanes) is 2. The lowest BCUT2D eigenvalue weighted by Crippen LogP contribution is -2.63. The zero-order valence-corrected chi connectivity index (χ0v) is 16.2. The molecule has 3 amide bonds. The van der Waals surface area contributed by atoms with Crippen LogP contribution in [0.25, 0.3) is 0 Å². The van der Waals surface area contributed by atoms with E-state index in [1.54, 1.807) is 18.8 Å². The predicted octanol–water partition coefficient (Wildman–Crippen LogP) is 2.70. The van der Waals surface area contributed by atoms with Crippen molar-refractivity contribution in [1.82, 2.24) is 15.1 Å². The summed E-state index contributed by atoms with van der Waals surface area (Å²) in [5.41, 5.74) is 1.23. The minimum absolute atomic E-state index is 0.251. The van der Waals surface area contributed by atoms with Crippen LogP contribution in [-0.2, 0) is 11.2 Å². The van der Waals surface area contributed by atoms with Crippen molar-refractivity contribution in [2.75, 3.05) is 19.3 Å². The van der Waals surface area contributed by atoms with Crippen LogP contribution in [0.2, 0.25) is 0 Å². The summed E-state index contributed by atoms with van der Waals surface area (Å²) in [7, 11) is 1.70. The molecule has 2 aliphatic heterocycles. The Balaban J connectivity index is 1.74. The quantitative estimate of drug-likeness (QED) is 0.746. The van der Waals surface area contributed by atoms with Crippen LogP contribution in [0.1, 0.15) is 31.7 Å². The van der Waals surface area contributed by atoms with Gasteiger partial charge in [-0.25, -0.2) is 9.79 Å². The largest absolute Gasteiger partial charge is 0.335 e. The van der Waals surface area contributed by atoms with E-state index < -0.39 is 12.2 Å². The molecular formula is C19H26N4O2S. The van der Waals surface area contributed by atoms with E-state index in [2.05, 4.69) is 29.3 Å². The average molecular weight is 375 g/mol. The van der Waals surface area contributed by atoms with Crippen LogP contribution in [0.5, 0.6) is 0 Å². The molecule has 0 bridgehead atoms. The Bertz CT molecular complexity index is 679. The van der Waals surface area contributed by atoms with Crippen molar-refractivity contribution in [3.63, 3.8) is 0 Å². The summed E-state index contributed by atoms with van der Waals surface area (Å²) in [5, 5.41) is 3.33. The molecule has 0 saturated carbocycles. The molecule has 2 atom stereocenters. The standard InChI is InChI=1S/C19H26N4O2S/c1-3-4-8-13-26-19-20-16-15(17(24)21-18(25)22(16)2)23(19)12-11-14-9-6-5-7-10-14/h5-7,9-10,15-16H,3-4,8,11-13H2,1-2H3,(H,21,24,25). The lowest BCUT2D eigenvalue weighted by atomic mass is 10.1. The number of hydrogen-bond acceptors (Lipinski definition) is 5. The number of aliphatic imine (C=N–C) groups is 1. The number of rotatable bonds is 7. The number of amides is 3. The van der Waals surface area contributed by atoms with Crippen LogP contribution in [0, 0.1) is 0 Å². The fourth-order valence-electron chi connectivity index (χ4n) is 3.27. The lowest BCUT2D eigenvalue weighted by Gasteiger charge is -2.36. The van der Waals surface area contributed by atoms with Gasteiger partial charge in [-0.05, 0) is 18.4 Å². The van der Waals surface area contributed by atoms with E-state index in [0.29, 0.717) is 6.54 Å². The van der Waals surface area contributed by atoms with Gasteiger partial charge in [-0.1, -0.05) is 61.9 Å². The highest BCUT2D eigenvalue weighted by molar-refractivity contribution is 8.13. The van der Waals surface area contributed by atoms with Crippen molar-refractivity contribution in [3.05, 3.63) is 35.9 Å². The zero-order chi connectivity index (χ0) is 18.5. The van der Waals surface area contributed by atoms with Gasteiger partial charge >= 0.3 is 6.03 Å². The van der Waals surface area contributed by atoms with Gasteiger partial charge in [-0.2, -0.15) is 0 Å². The van der Waals surface area contributed by atoms with E-state index >= 15 is 0 Å². The molecule has 1 saturated heterocycles. The van der Waals surface area contributed by atoms with Gasteiger partial charge in [0.25, 0.3) is 5.91 Å². The number of fused-ring (bicyclic) bond motifs is 1. The maximum atomic E-state index is 12.5. The summed E-state index contributed by atoms with van der Waals surface area (Å²) in [6, 6.07) is 9.42. The first kappa shape index (κ1) is 18.8. The van der Waals surface area contributed by atoms with Gasteiger partial charge in [0.05, 0.1) is 0 Å². The molecule has 3 rings (SSSR count). The summed E-state index contributed by atoms with van der Waals surface area (Å²) in [6.45, 7) is 2.89. The van der Waals surface area contributed by atoms with Crippen LogP contribution >= 0.6 is 11.8 Å². The van der Waals surface area contributed by atoms with E-state index in [0.717, 1.165) is 23.8 Å². The molecule has 1 fully saturated rings. The highest BCUT2D eigenvalue weighted by Gasteiger charge is 2.48. The third-order valence-electron chi connectivity index (χ3n) is 4.79. The number of carbonyl (C=O) groups is 2. The van der Waals surface area contributed by atoms with Gasteiger partial charge in [0.15, 0.2) is 17.4 Å². The van der Waals surface area contributed by atoms with Gasteiger partial charge in [-0.3, -0.25) is 10.1 Å². The first-order valence-electron chi connectivity index (χ1n) is 9.20. The number of carbonyl (C=O) groups excluding carboxylic acids is 2. The molecular weight excluding hydrogens is 348 g/mol. The lowest BCUT2D eigenvalue weighted by molar-refractivity contribution is -0.127. The summed E-state index contributed by atoms with van der Waals surface area (Å²) >= 11 is 1.70. The Morgan fingerprint density at radius 3 is 2.69 bits per heavy atom. The molecule has 2 unspecified atom stereocenters. The molecule has 6 nitrogen and oxygen atoms in total. The Morgan fingerprint density at radius 1 is 1.19 bits per heavy atom. The Kier molecular flexibility index (Phi) is 6.19. The minimum Gasteiger partial charge on any atom is -0.335 e. The fraction of sp³-hybridized carbons (Fsp3) is 0.526. The fourth-order valence-corrected chi connectivity index (χ4v) is 4.35. The molecule has 140 valence electrons. The maximum Gasteiger partial charge on any atom is 0.325 e. The Hall–Kier alpha value is -2.02. The molecule has 7 heteroatoms. The Labute approximate surface area is 159 Å². The minimum atomic E-state index is -0.435. The third-order valence-corrected chi connectivity index (χ3v) is 5.88. The van der Waals surface area contributed by atoms with Crippen molar-refractivity contribution in [3.8, 4) is 0 Å². The van der Waals surface area contributed by atoms with Crippen molar-refractivity contribution in [1.29, 1.82) is 0 Å². The molecule has 0 spiro atoms. The van der Waals surface area contributed by atoms with Crippen LogP contribution in [0.4, 0.5) is 4.79 Å². The number of nitrogens with zero attached hydrogens (tertiary/aromatic N) is 3. The van der Waals surface area contributed by atoms with Crippen LogP contribution in [0.3, 0.4) is 0 Å². The second-order valence-corrected chi connectivity index (χ2v) is 7.72. The SMILES string of the molecule is CCCCCSC1=NC2C(C(=O)NC(=O)N2C)N1CCc1ccccc1. The topological polar surface area (TPSA) is 65.0 Å². The van der Waals surface area contributed by atoms with E-state index in [4.69, 9.17) is 4.99 Å². The second-order valence-electron chi connectivity index (χ2n) is 6.66. The van der Waals surface area contributed by atoms with Gasteiger partial charge in [0.2, 0.25) is 0 Å². The van der Waals surface area contributed by atoms with Crippen molar-refractivity contribution in [2.24, 2.45) is 4.99 Å². The number of hydrogen-bond donors (Lipinski definition) is 1. The van der Waals surface area contributed by atoms with Crippen LogP contribution in [0.15, 0.2) is 35.3 Å². The first-order chi connectivity index (χ1) is 12.6. The molecule has 1 N–H and O–H groups in total. The van der Waals surface area contributed by atoms with Gasteiger partial charge in [0.1, 0.15) is 0 Å². The van der Waals surface area contributed by atoms with Crippen molar-refractivity contribution < 1.29 is 9.59 Å². The number of imide groups is 1. The molecule has 0 aliphatic carbocycles. The molecule has 1 aromatic carbocycles. The third kappa shape index (κ3) is 4.03. The van der Waals surface area contributed by atoms with Crippen LogP contribution < -0.4 is 5.32 Å². The number of likely N-dealkylation sites (N-methyl/N-ethyl adjacent to an activating group) is 1. The average Bonchev–Trinajstić information content (AvgIpc) is 3.02. The monoisotopic (exact) mass is 374 g/mol. The van der Waals surface area contributed by atoms with E-state index in [1.807, 2.05) is 18.2 Å². The number of thioether (sulfide) groups is 1. The number of urea groups is 1. The van der Waals surface area contributed by atoms with Crippen LogP contribution in [-0.4, -0.2) is 58.5 Å². The van der Waals surface area contributed by atoms with Gasteiger partial charge < -0.3 is 9.80 Å². The molecule has 2 aliphatic rings. The molecule has 0 radical (unpaired) electrons. The number of nitrogens with one attached hydrogen (secondary N) is 1. The van der Waals surface area contributed by atoms with Crippen molar-refractivity contribution >= 4 is 28.9 Å². The summed E-state index contributed by atoms with van der Waals surface area (Å²) < 4.78 is 0. The number of amidine groups is 1. The van der Waals surface area contributed by atoms with Gasteiger partial charge in [0, 0.05) is 19.3 Å². The van der Waals surface area contributed by atoms with Gasteiger partial charge in [-0.15, -0.1) is 0 Å². The molecule has 0 aromatic heterocycles. The molecule has 26 heavy (non-hydrogen) atoms. The zero-order valence-electron chi connectivity index (χ0n) is 15.4. The second kappa shape index (κ2) is 8.58. The highest BCUT2D eigenvalue weighted by Crippen LogP contribution is 2.29. The first-order valence-corrected chi connectivity index (χ1v) is 10.2. The Morgan fingerprint density at radius 2 is 1.96 bits per heavy atom. The summed E-state index contributed by atoms with van der Waals surface area (Å²) in [6.07, 6.45) is 3.90. The molecule has 2 heterocycles. The van der Waals surface area contributed by atoms with E-state index in [9.17, 15) is 9.59 Å². The summed E-state index contributed by atoms with van der Waals surface area (Å²) in [4.78, 5) is 32.8. The number of benzene rings is 1. The summed E-state index contributed by atoms with van der Waals surface area (Å²) in [5.74, 6) is 0.729. The molecule has 1 aromatic rings.